The van der Waals surface area contributed by atoms with Gasteiger partial charge in [-0.15, -0.1) is 5.10 Å². The van der Waals surface area contributed by atoms with Crippen molar-refractivity contribution in [3.05, 3.63) is 35.5 Å². The van der Waals surface area contributed by atoms with E-state index in [1.165, 1.54) is 5.56 Å². The molecule has 0 fully saturated rings. The molecule has 17 heavy (non-hydrogen) atoms. The van der Waals surface area contributed by atoms with Crippen molar-refractivity contribution >= 4 is 0 Å². The summed E-state index contributed by atoms with van der Waals surface area (Å²) >= 11 is 0. The molecule has 0 aliphatic carbocycles. The first kappa shape index (κ1) is 11.3. The summed E-state index contributed by atoms with van der Waals surface area (Å²) in [7, 11) is 0. The highest BCUT2D eigenvalue weighted by atomic mass is 15.4. The van der Waals surface area contributed by atoms with Gasteiger partial charge in [0.15, 0.2) is 5.69 Å². The van der Waals surface area contributed by atoms with Crippen molar-refractivity contribution in [2.24, 2.45) is 0 Å². The van der Waals surface area contributed by atoms with E-state index in [0.29, 0.717) is 5.69 Å². The molecule has 86 valence electrons. The molecule has 0 bridgehead atoms. The van der Waals surface area contributed by atoms with Gasteiger partial charge in [-0.2, -0.15) is 5.26 Å². The van der Waals surface area contributed by atoms with E-state index < -0.39 is 0 Å². The summed E-state index contributed by atoms with van der Waals surface area (Å²) in [6, 6.07) is 10.2. The number of hydrogen-bond acceptors (Lipinski definition) is 3. The largest absolute Gasteiger partial charge is 0.243 e. The first-order valence-electron chi connectivity index (χ1n) is 5.67. The summed E-state index contributed by atoms with van der Waals surface area (Å²) in [5, 5.41) is 17.0. The molecule has 0 saturated heterocycles. The maximum atomic E-state index is 9.05. The molecule has 0 unspecified atom stereocenters. The van der Waals surface area contributed by atoms with Gasteiger partial charge in [-0.05, 0) is 13.3 Å². The maximum Gasteiger partial charge on any atom is 0.190 e. The van der Waals surface area contributed by atoms with Crippen molar-refractivity contribution in [3.63, 3.8) is 0 Å². The first-order valence-corrected chi connectivity index (χ1v) is 5.67. The molecule has 0 atom stereocenters. The van der Waals surface area contributed by atoms with E-state index in [9.17, 15) is 0 Å². The third-order valence-corrected chi connectivity index (χ3v) is 2.60. The average molecular weight is 226 g/mol. The second-order valence-electron chi connectivity index (χ2n) is 3.99. The van der Waals surface area contributed by atoms with Crippen LogP contribution in [0.2, 0.25) is 0 Å². The molecule has 4 nitrogen and oxygen atoms in total. The second-order valence-corrected chi connectivity index (χ2v) is 3.99. The Bertz CT molecular complexity index is 546. The van der Waals surface area contributed by atoms with Crippen molar-refractivity contribution in [3.8, 4) is 17.3 Å². The highest BCUT2D eigenvalue weighted by Gasteiger charge is 2.13. The zero-order valence-electron chi connectivity index (χ0n) is 10.0. The molecule has 1 aromatic carbocycles. The molecule has 0 N–H and O–H groups in total. The Morgan fingerprint density at radius 2 is 2.00 bits per heavy atom. The Morgan fingerprint density at radius 1 is 1.29 bits per heavy atom. The van der Waals surface area contributed by atoms with E-state index in [0.717, 1.165) is 24.2 Å². The van der Waals surface area contributed by atoms with Crippen molar-refractivity contribution in [1.82, 2.24) is 15.0 Å². The lowest BCUT2D eigenvalue weighted by Gasteiger charge is -2.05. The van der Waals surface area contributed by atoms with Gasteiger partial charge < -0.3 is 0 Å². The Hall–Kier alpha value is -2.15. The van der Waals surface area contributed by atoms with Crippen LogP contribution >= 0.6 is 0 Å². The highest BCUT2D eigenvalue weighted by molar-refractivity contribution is 5.64. The average Bonchev–Trinajstić information content (AvgIpc) is 2.74. The molecule has 4 heteroatoms. The summed E-state index contributed by atoms with van der Waals surface area (Å²) in [6.07, 6.45) is 0.965. The standard InChI is InChI=1S/C13H14N4/c1-3-8-17-13(12(9-14)15-16-17)11-6-4-10(2)5-7-11/h4-7H,3,8H2,1-2H3. The number of aromatic nitrogens is 3. The number of benzene rings is 1. The van der Waals surface area contributed by atoms with E-state index >= 15 is 0 Å². The Balaban J connectivity index is 2.52. The van der Waals surface area contributed by atoms with Crippen molar-refractivity contribution in [1.29, 1.82) is 5.26 Å². The summed E-state index contributed by atoms with van der Waals surface area (Å²) in [4.78, 5) is 0. The molecule has 1 aromatic heterocycles. The molecule has 0 aliphatic heterocycles. The van der Waals surface area contributed by atoms with Gasteiger partial charge in [-0.3, -0.25) is 0 Å². The molecule has 0 amide bonds. The Morgan fingerprint density at radius 3 is 2.59 bits per heavy atom. The summed E-state index contributed by atoms with van der Waals surface area (Å²) in [5.41, 5.74) is 3.39. The van der Waals surface area contributed by atoms with E-state index in [1.807, 2.05) is 31.2 Å². The smallest absolute Gasteiger partial charge is 0.190 e. The molecule has 2 aromatic rings. The molecule has 2 rings (SSSR count). The number of hydrogen-bond donors (Lipinski definition) is 0. The van der Waals surface area contributed by atoms with Gasteiger partial charge in [-0.1, -0.05) is 42.0 Å². The lowest BCUT2D eigenvalue weighted by Crippen LogP contribution is -2.01. The number of aryl methyl sites for hydroxylation is 2. The van der Waals surface area contributed by atoms with Crippen LogP contribution < -0.4 is 0 Å². The van der Waals surface area contributed by atoms with Crippen LogP contribution in [0, 0.1) is 18.3 Å². The summed E-state index contributed by atoms with van der Waals surface area (Å²) < 4.78 is 1.79. The minimum absolute atomic E-state index is 0.391. The topological polar surface area (TPSA) is 54.5 Å². The quantitative estimate of drug-likeness (QED) is 0.808. The van der Waals surface area contributed by atoms with Crippen LogP contribution in [0.4, 0.5) is 0 Å². The molecule has 0 spiro atoms. The van der Waals surface area contributed by atoms with Crippen LogP contribution in [0.5, 0.6) is 0 Å². The van der Waals surface area contributed by atoms with Gasteiger partial charge in [-0.25, -0.2) is 4.68 Å². The monoisotopic (exact) mass is 226 g/mol. The van der Waals surface area contributed by atoms with Gasteiger partial charge in [0.25, 0.3) is 0 Å². The Kier molecular flexibility index (Phi) is 3.20. The third kappa shape index (κ3) is 2.18. The lowest BCUT2D eigenvalue weighted by atomic mass is 10.1. The van der Waals surface area contributed by atoms with E-state index in [4.69, 9.17) is 5.26 Å². The van der Waals surface area contributed by atoms with Crippen LogP contribution in [-0.2, 0) is 6.54 Å². The predicted octanol–water partition coefficient (Wildman–Crippen LogP) is 2.54. The third-order valence-electron chi connectivity index (χ3n) is 2.60. The number of nitriles is 1. The highest BCUT2D eigenvalue weighted by Crippen LogP contribution is 2.22. The van der Waals surface area contributed by atoms with Crippen molar-refractivity contribution < 1.29 is 0 Å². The molecular formula is C13H14N4. The van der Waals surface area contributed by atoms with Crippen LogP contribution in [0.3, 0.4) is 0 Å². The first-order chi connectivity index (χ1) is 8.26. The van der Waals surface area contributed by atoms with Crippen LogP contribution in [0.25, 0.3) is 11.3 Å². The van der Waals surface area contributed by atoms with Gasteiger partial charge in [0.05, 0.1) is 0 Å². The second kappa shape index (κ2) is 4.79. The minimum Gasteiger partial charge on any atom is -0.243 e. The fourth-order valence-electron chi connectivity index (χ4n) is 1.75. The molecule has 1 heterocycles. The zero-order chi connectivity index (χ0) is 12.3. The normalized spacial score (nSPS) is 10.2. The minimum atomic E-state index is 0.391. The maximum absolute atomic E-state index is 9.05. The molecule has 0 aliphatic rings. The van der Waals surface area contributed by atoms with E-state index in [-0.39, 0.29) is 0 Å². The van der Waals surface area contributed by atoms with Crippen LogP contribution in [-0.4, -0.2) is 15.0 Å². The fraction of sp³-hybridized carbons (Fsp3) is 0.308. The zero-order valence-corrected chi connectivity index (χ0v) is 10.0. The van der Waals surface area contributed by atoms with Crippen LogP contribution in [0.1, 0.15) is 24.6 Å². The van der Waals surface area contributed by atoms with Crippen molar-refractivity contribution in [2.75, 3.05) is 0 Å². The summed E-state index contributed by atoms with van der Waals surface area (Å²) in [5.74, 6) is 0. The van der Waals surface area contributed by atoms with Gasteiger partial charge in [0.1, 0.15) is 11.8 Å². The molecule has 0 radical (unpaired) electrons. The van der Waals surface area contributed by atoms with Crippen molar-refractivity contribution in [2.45, 2.75) is 26.8 Å². The number of rotatable bonds is 3. The predicted molar refractivity (Wildman–Crippen MR) is 65.2 cm³/mol. The van der Waals surface area contributed by atoms with Crippen LogP contribution in [0.15, 0.2) is 24.3 Å². The molecule has 0 saturated carbocycles. The SMILES string of the molecule is CCCn1nnc(C#N)c1-c1ccc(C)cc1. The lowest BCUT2D eigenvalue weighted by molar-refractivity contribution is 0.584. The summed E-state index contributed by atoms with van der Waals surface area (Å²) in [6.45, 7) is 4.89. The Labute approximate surface area is 101 Å². The van der Waals surface area contributed by atoms with E-state index in [2.05, 4.69) is 23.3 Å². The van der Waals surface area contributed by atoms with Gasteiger partial charge in [0.2, 0.25) is 0 Å². The van der Waals surface area contributed by atoms with E-state index in [1.54, 1.807) is 4.68 Å². The number of nitrogens with zero attached hydrogens (tertiary/aromatic N) is 4. The molecular weight excluding hydrogens is 212 g/mol. The fourth-order valence-corrected chi connectivity index (χ4v) is 1.75. The van der Waals surface area contributed by atoms with Gasteiger partial charge in [0, 0.05) is 12.1 Å². The van der Waals surface area contributed by atoms with Gasteiger partial charge >= 0.3 is 0 Å².